The monoisotopic (exact) mass is 221 g/mol. The average molecular weight is 221 g/mol. The molecule has 0 spiro atoms. The molecule has 0 saturated heterocycles. The molecule has 2 unspecified atom stereocenters. The molecule has 3 atom stereocenters. The summed E-state index contributed by atoms with van der Waals surface area (Å²) >= 11 is 0. The molecule has 16 heavy (non-hydrogen) atoms. The molecule has 0 bridgehead atoms. The van der Waals surface area contributed by atoms with E-state index in [1.807, 2.05) is 6.07 Å². The summed E-state index contributed by atoms with van der Waals surface area (Å²) in [5.41, 5.74) is 0. The van der Waals surface area contributed by atoms with E-state index in [0.717, 1.165) is 11.7 Å². The van der Waals surface area contributed by atoms with E-state index in [9.17, 15) is 0 Å². The fourth-order valence-corrected chi connectivity index (χ4v) is 2.79. The molecule has 0 radical (unpaired) electrons. The molecule has 0 aliphatic heterocycles. The van der Waals surface area contributed by atoms with Crippen LogP contribution in [0, 0.1) is 5.92 Å². The summed E-state index contributed by atoms with van der Waals surface area (Å²) in [6, 6.07) is 5.04. The smallest absolute Gasteiger partial charge is 0.120 e. The molecule has 2 heteroatoms. The summed E-state index contributed by atoms with van der Waals surface area (Å²) in [5.74, 6) is 1.98. The Kier molecular flexibility index (Phi) is 4.05. The van der Waals surface area contributed by atoms with Crippen LogP contribution in [0.3, 0.4) is 0 Å². The number of hydrogen-bond donors (Lipinski definition) is 1. The second-order valence-electron chi connectivity index (χ2n) is 5.04. The molecule has 1 aliphatic carbocycles. The largest absolute Gasteiger partial charge is 0.468 e. The maximum absolute atomic E-state index is 5.43. The Bertz CT molecular complexity index is 294. The fourth-order valence-electron chi connectivity index (χ4n) is 2.79. The van der Waals surface area contributed by atoms with Gasteiger partial charge in [0, 0.05) is 6.04 Å². The fraction of sp³-hybridized carbons (Fsp3) is 0.714. The first-order chi connectivity index (χ1) is 7.79. The summed E-state index contributed by atoms with van der Waals surface area (Å²) in [4.78, 5) is 0. The number of rotatable bonds is 4. The Morgan fingerprint density at radius 1 is 1.50 bits per heavy atom. The van der Waals surface area contributed by atoms with Gasteiger partial charge in [-0.2, -0.15) is 0 Å². The van der Waals surface area contributed by atoms with E-state index in [-0.39, 0.29) is 0 Å². The molecular formula is C14H23NO. The maximum Gasteiger partial charge on any atom is 0.120 e. The van der Waals surface area contributed by atoms with E-state index in [4.69, 9.17) is 4.42 Å². The third kappa shape index (κ3) is 2.88. The van der Waals surface area contributed by atoms with Crippen LogP contribution in [0.2, 0.25) is 0 Å². The molecule has 2 rings (SSSR count). The quantitative estimate of drug-likeness (QED) is 0.834. The first kappa shape index (κ1) is 11.7. The molecule has 1 saturated carbocycles. The molecule has 0 amide bonds. The third-order valence-corrected chi connectivity index (χ3v) is 3.82. The van der Waals surface area contributed by atoms with Gasteiger partial charge in [0.25, 0.3) is 0 Å². The van der Waals surface area contributed by atoms with E-state index in [0.29, 0.717) is 12.1 Å². The molecular weight excluding hydrogens is 198 g/mol. The van der Waals surface area contributed by atoms with Crippen LogP contribution in [-0.4, -0.2) is 6.04 Å². The van der Waals surface area contributed by atoms with Crippen LogP contribution in [-0.2, 0) is 0 Å². The van der Waals surface area contributed by atoms with Gasteiger partial charge in [-0.3, -0.25) is 0 Å². The molecule has 1 N–H and O–H groups in total. The molecule has 1 aromatic heterocycles. The minimum Gasteiger partial charge on any atom is -0.468 e. The Morgan fingerprint density at radius 2 is 2.38 bits per heavy atom. The Labute approximate surface area is 98.4 Å². The normalized spacial score (nSPS) is 27.9. The van der Waals surface area contributed by atoms with Gasteiger partial charge in [-0.1, -0.05) is 26.2 Å². The zero-order valence-corrected chi connectivity index (χ0v) is 10.4. The second-order valence-corrected chi connectivity index (χ2v) is 5.04. The minimum atomic E-state index is 0.343. The van der Waals surface area contributed by atoms with Crippen molar-refractivity contribution < 1.29 is 4.42 Å². The SMILES string of the molecule is CCC1CCCC(N[C@@H](C)c2ccco2)C1. The van der Waals surface area contributed by atoms with Gasteiger partial charge in [0.1, 0.15) is 5.76 Å². The van der Waals surface area contributed by atoms with Crippen LogP contribution in [0.4, 0.5) is 0 Å². The highest BCUT2D eigenvalue weighted by Gasteiger charge is 2.22. The standard InChI is InChI=1S/C14H23NO/c1-3-12-6-4-7-13(10-12)15-11(2)14-8-5-9-16-14/h5,8-9,11-13,15H,3-4,6-7,10H2,1-2H3/t11-,12?,13?/m0/s1. The lowest BCUT2D eigenvalue weighted by atomic mass is 9.84. The van der Waals surface area contributed by atoms with Crippen LogP contribution >= 0.6 is 0 Å². The predicted molar refractivity (Wildman–Crippen MR) is 66.3 cm³/mol. The number of nitrogens with one attached hydrogen (secondary N) is 1. The van der Waals surface area contributed by atoms with E-state index >= 15 is 0 Å². The van der Waals surface area contributed by atoms with Crippen LogP contribution in [0.25, 0.3) is 0 Å². The second kappa shape index (κ2) is 5.53. The van der Waals surface area contributed by atoms with Gasteiger partial charge in [-0.05, 0) is 37.8 Å². The molecule has 2 nitrogen and oxygen atoms in total. The Balaban J connectivity index is 1.84. The summed E-state index contributed by atoms with van der Waals surface area (Å²) in [6.07, 6.45) is 8.53. The van der Waals surface area contributed by atoms with Gasteiger partial charge < -0.3 is 9.73 Å². The van der Waals surface area contributed by atoms with Gasteiger partial charge in [-0.25, -0.2) is 0 Å². The van der Waals surface area contributed by atoms with Crippen molar-refractivity contribution in [2.45, 2.75) is 58.0 Å². The molecule has 90 valence electrons. The van der Waals surface area contributed by atoms with E-state index in [1.54, 1.807) is 6.26 Å². The van der Waals surface area contributed by atoms with Crippen molar-refractivity contribution in [2.75, 3.05) is 0 Å². The summed E-state index contributed by atoms with van der Waals surface area (Å²) in [5, 5.41) is 3.69. The van der Waals surface area contributed by atoms with Crippen LogP contribution < -0.4 is 5.32 Å². The van der Waals surface area contributed by atoms with Gasteiger partial charge >= 0.3 is 0 Å². The zero-order valence-electron chi connectivity index (χ0n) is 10.4. The highest BCUT2D eigenvalue weighted by molar-refractivity contribution is 5.03. The third-order valence-electron chi connectivity index (χ3n) is 3.82. The highest BCUT2D eigenvalue weighted by Crippen LogP contribution is 2.28. The summed E-state index contributed by atoms with van der Waals surface area (Å²) in [7, 11) is 0. The average Bonchev–Trinajstić information content (AvgIpc) is 2.83. The van der Waals surface area contributed by atoms with Crippen molar-refractivity contribution >= 4 is 0 Å². The van der Waals surface area contributed by atoms with E-state index < -0.39 is 0 Å². The number of furan rings is 1. The molecule has 1 aliphatic rings. The first-order valence-corrected chi connectivity index (χ1v) is 6.59. The van der Waals surface area contributed by atoms with E-state index in [2.05, 4.69) is 25.2 Å². The Morgan fingerprint density at radius 3 is 3.06 bits per heavy atom. The Hall–Kier alpha value is -0.760. The van der Waals surface area contributed by atoms with Crippen molar-refractivity contribution in [3.8, 4) is 0 Å². The van der Waals surface area contributed by atoms with Crippen molar-refractivity contribution in [1.29, 1.82) is 0 Å². The predicted octanol–water partition coefficient (Wildman–Crippen LogP) is 3.90. The van der Waals surface area contributed by atoms with Crippen LogP contribution in [0.15, 0.2) is 22.8 Å². The lowest BCUT2D eigenvalue weighted by molar-refractivity contribution is 0.257. The van der Waals surface area contributed by atoms with Gasteiger partial charge in [0.2, 0.25) is 0 Å². The van der Waals surface area contributed by atoms with Gasteiger partial charge in [0.05, 0.1) is 12.3 Å². The van der Waals surface area contributed by atoms with Crippen LogP contribution in [0.5, 0.6) is 0 Å². The molecule has 1 heterocycles. The van der Waals surface area contributed by atoms with Crippen LogP contribution in [0.1, 0.15) is 57.8 Å². The van der Waals surface area contributed by atoms with Gasteiger partial charge in [0.15, 0.2) is 0 Å². The van der Waals surface area contributed by atoms with Gasteiger partial charge in [-0.15, -0.1) is 0 Å². The highest BCUT2D eigenvalue weighted by atomic mass is 16.3. The van der Waals surface area contributed by atoms with Crippen molar-refractivity contribution in [3.05, 3.63) is 24.2 Å². The van der Waals surface area contributed by atoms with Crippen molar-refractivity contribution in [2.24, 2.45) is 5.92 Å². The van der Waals surface area contributed by atoms with E-state index in [1.165, 1.54) is 32.1 Å². The zero-order chi connectivity index (χ0) is 11.4. The molecule has 0 aromatic carbocycles. The summed E-state index contributed by atoms with van der Waals surface area (Å²) in [6.45, 7) is 4.50. The topological polar surface area (TPSA) is 25.2 Å². The van der Waals surface area contributed by atoms with Crippen molar-refractivity contribution in [3.63, 3.8) is 0 Å². The minimum absolute atomic E-state index is 0.343. The number of hydrogen-bond acceptors (Lipinski definition) is 2. The lowest BCUT2D eigenvalue weighted by Gasteiger charge is -2.31. The van der Waals surface area contributed by atoms with Crippen molar-refractivity contribution in [1.82, 2.24) is 5.32 Å². The lowest BCUT2D eigenvalue weighted by Crippen LogP contribution is -2.35. The summed E-state index contributed by atoms with van der Waals surface area (Å²) < 4.78 is 5.43. The molecule has 1 fully saturated rings. The maximum atomic E-state index is 5.43. The molecule has 1 aromatic rings. The first-order valence-electron chi connectivity index (χ1n) is 6.59.